The van der Waals surface area contributed by atoms with Crippen LogP contribution >= 0.6 is 15.9 Å². The number of hydrogen-bond acceptors (Lipinski definition) is 3. The minimum Gasteiger partial charge on any atom is -0.293 e. The summed E-state index contributed by atoms with van der Waals surface area (Å²) >= 11 is 3.17. The molecule has 4 nitrogen and oxygen atoms in total. The molecule has 0 aromatic carbocycles. The average Bonchev–Trinajstić information content (AvgIpc) is 2.03. The molecule has 1 N–H and O–H groups in total. The van der Waals surface area contributed by atoms with Crippen LogP contribution in [0.2, 0.25) is 0 Å². The molecule has 13 heavy (non-hydrogen) atoms. The van der Waals surface area contributed by atoms with E-state index in [-0.39, 0.29) is 5.91 Å². The maximum atomic E-state index is 11.2. The molecule has 0 fully saturated rings. The van der Waals surface area contributed by atoms with Gasteiger partial charge in [0.25, 0.3) is 5.91 Å². The molecular formula is C8H7BrN2O2. The van der Waals surface area contributed by atoms with Crippen LogP contribution in [0.1, 0.15) is 17.3 Å². The van der Waals surface area contributed by atoms with E-state index in [1.807, 2.05) is 0 Å². The first-order valence-electron chi connectivity index (χ1n) is 3.52. The molecule has 0 aliphatic carbocycles. The topological polar surface area (TPSA) is 59.1 Å². The van der Waals surface area contributed by atoms with Crippen LogP contribution in [0.4, 0.5) is 0 Å². The molecule has 68 valence electrons. The zero-order valence-corrected chi connectivity index (χ0v) is 8.46. The summed E-state index contributed by atoms with van der Waals surface area (Å²) in [6.07, 6.45) is 2.95. The number of amides is 2. The van der Waals surface area contributed by atoms with Gasteiger partial charge >= 0.3 is 0 Å². The van der Waals surface area contributed by atoms with Crippen molar-refractivity contribution in [1.29, 1.82) is 0 Å². The van der Waals surface area contributed by atoms with E-state index in [2.05, 4.69) is 26.2 Å². The average molecular weight is 243 g/mol. The number of nitrogens with one attached hydrogen (secondary N) is 1. The highest BCUT2D eigenvalue weighted by atomic mass is 79.9. The quantitative estimate of drug-likeness (QED) is 0.803. The number of carbonyl (C=O) groups excluding carboxylic acids is 2. The molecule has 0 aliphatic rings. The molecule has 5 heteroatoms. The van der Waals surface area contributed by atoms with Crippen molar-refractivity contribution >= 4 is 27.7 Å². The molecule has 0 unspecified atom stereocenters. The van der Waals surface area contributed by atoms with Gasteiger partial charge in [-0.15, -0.1) is 0 Å². The molecule has 0 atom stereocenters. The minimum atomic E-state index is -0.443. The van der Waals surface area contributed by atoms with Crippen LogP contribution in [0.3, 0.4) is 0 Å². The summed E-state index contributed by atoms with van der Waals surface area (Å²) in [6.45, 7) is 1.28. The highest BCUT2D eigenvalue weighted by molar-refractivity contribution is 9.10. The van der Waals surface area contributed by atoms with Crippen LogP contribution in [0, 0.1) is 0 Å². The Morgan fingerprint density at radius 1 is 1.46 bits per heavy atom. The maximum absolute atomic E-state index is 11.2. The van der Waals surface area contributed by atoms with E-state index in [0.29, 0.717) is 10.0 Å². The Balaban J connectivity index is 2.83. The molecule has 1 aromatic rings. The van der Waals surface area contributed by atoms with Crippen molar-refractivity contribution in [2.24, 2.45) is 0 Å². The summed E-state index contributed by atoms with van der Waals surface area (Å²) in [5.41, 5.74) is 0.351. The molecule has 1 heterocycles. The van der Waals surface area contributed by atoms with Gasteiger partial charge in [0.15, 0.2) is 0 Å². The normalized spacial score (nSPS) is 9.38. The fourth-order valence-corrected chi connectivity index (χ4v) is 1.13. The Kier molecular flexibility index (Phi) is 3.13. The number of hydrogen-bond donors (Lipinski definition) is 1. The summed E-state index contributed by atoms with van der Waals surface area (Å²) in [5.74, 6) is -0.828. The fourth-order valence-electron chi connectivity index (χ4n) is 0.768. The zero-order chi connectivity index (χ0) is 9.84. The summed E-state index contributed by atoms with van der Waals surface area (Å²) < 4.78 is 0.698. The van der Waals surface area contributed by atoms with E-state index in [4.69, 9.17) is 0 Å². The van der Waals surface area contributed by atoms with Gasteiger partial charge in [-0.1, -0.05) is 0 Å². The largest absolute Gasteiger partial charge is 0.293 e. The molecule has 0 saturated heterocycles. The van der Waals surface area contributed by atoms with Crippen molar-refractivity contribution in [2.45, 2.75) is 6.92 Å². The summed E-state index contributed by atoms with van der Waals surface area (Å²) in [6, 6.07) is 1.59. The Morgan fingerprint density at radius 3 is 2.69 bits per heavy atom. The van der Waals surface area contributed by atoms with E-state index in [1.165, 1.54) is 13.1 Å². The van der Waals surface area contributed by atoms with Crippen molar-refractivity contribution in [3.05, 3.63) is 28.5 Å². The molecule has 0 bridgehead atoms. The zero-order valence-electron chi connectivity index (χ0n) is 6.87. The third-order valence-corrected chi connectivity index (χ3v) is 1.69. The molecule has 0 aliphatic heterocycles. The second-order valence-corrected chi connectivity index (χ2v) is 3.32. The molecule has 0 saturated carbocycles. The van der Waals surface area contributed by atoms with Gasteiger partial charge in [0, 0.05) is 23.8 Å². The van der Waals surface area contributed by atoms with Gasteiger partial charge in [-0.05, 0) is 22.0 Å². The van der Waals surface area contributed by atoms with Gasteiger partial charge in [-0.25, -0.2) is 0 Å². The predicted octanol–water partition coefficient (Wildman–Crippen LogP) is 1.12. The number of pyridine rings is 1. The number of halogens is 1. The number of carbonyl (C=O) groups is 2. The summed E-state index contributed by atoms with van der Waals surface area (Å²) in [7, 11) is 0. The molecule has 1 rings (SSSR count). The van der Waals surface area contributed by atoms with Crippen LogP contribution in [0.5, 0.6) is 0 Å². The van der Waals surface area contributed by atoms with Gasteiger partial charge in [0.05, 0.1) is 5.56 Å². The lowest BCUT2D eigenvalue weighted by molar-refractivity contribution is -0.118. The first-order valence-corrected chi connectivity index (χ1v) is 4.31. The Morgan fingerprint density at radius 2 is 2.15 bits per heavy atom. The van der Waals surface area contributed by atoms with Crippen LogP contribution < -0.4 is 5.32 Å². The van der Waals surface area contributed by atoms with E-state index >= 15 is 0 Å². The molecule has 0 spiro atoms. The van der Waals surface area contributed by atoms with Crippen LogP contribution in [0.25, 0.3) is 0 Å². The smallest absolute Gasteiger partial charge is 0.259 e. The second-order valence-electron chi connectivity index (χ2n) is 2.40. The summed E-state index contributed by atoms with van der Waals surface area (Å²) in [5, 5.41) is 2.15. The number of imide groups is 1. The lowest BCUT2D eigenvalue weighted by atomic mass is 10.3. The first kappa shape index (κ1) is 9.85. The van der Waals surface area contributed by atoms with Gasteiger partial charge in [-0.3, -0.25) is 19.9 Å². The standard InChI is InChI=1S/C8H7BrN2O2/c1-5(12)11-8(13)6-2-7(9)4-10-3-6/h2-4H,1H3,(H,11,12,13). The van der Waals surface area contributed by atoms with Gasteiger partial charge < -0.3 is 0 Å². The fraction of sp³-hybridized carbons (Fsp3) is 0.125. The monoisotopic (exact) mass is 242 g/mol. The minimum absolute atomic E-state index is 0.351. The molecular weight excluding hydrogens is 236 g/mol. The first-order chi connectivity index (χ1) is 6.09. The third kappa shape index (κ3) is 2.95. The van der Waals surface area contributed by atoms with E-state index in [9.17, 15) is 9.59 Å². The van der Waals surface area contributed by atoms with Crippen molar-refractivity contribution in [2.75, 3.05) is 0 Å². The Bertz CT molecular complexity index is 352. The van der Waals surface area contributed by atoms with E-state index in [1.54, 1.807) is 12.3 Å². The SMILES string of the molecule is CC(=O)NC(=O)c1cncc(Br)c1. The Hall–Kier alpha value is -1.23. The lowest BCUT2D eigenvalue weighted by Crippen LogP contribution is -2.27. The van der Waals surface area contributed by atoms with E-state index in [0.717, 1.165) is 0 Å². The van der Waals surface area contributed by atoms with Crippen molar-refractivity contribution in [3.63, 3.8) is 0 Å². The molecule has 0 radical (unpaired) electrons. The van der Waals surface area contributed by atoms with Crippen molar-refractivity contribution in [1.82, 2.24) is 10.3 Å². The van der Waals surface area contributed by atoms with E-state index < -0.39 is 5.91 Å². The second kappa shape index (κ2) is 4.13. The van der Waals surface area contributed by atoms with Gasteiger partial charge in [0.2, 0.25) is 5.91 Å². The third-order valence-electron chi connectivity index (χ3n) is 1.26. The summed E-state index contributed by atoms with van der Waals surface area (Å²) in [4.78, 5) is 25.6. The van der Waals surface area contributed by atoms with Crippen LogP contribution in [0.15, 0.2) is 22.9 Å². The van der Waals surface area contributed by atoms with Crippen molar-refractivity contribution in [3.8, 4) is 0 Å². The number of nitrogens with zero attached hydrogens (tertiary/aromatic N) is 1. The Labute approximate surface area is 83.5 Å². The van der Waals surface area contributed by atoms with Crippen LogP contribution in [-0.2, 0) is 4.79 Å². The number of aromatic nitrogens is 1. The van der Waals surface area contributed by atoms with Crippen LogP contribution in [-0.4, -0.2) is 16.8 Å². The highest BCUT2D eigenvalue weighted by Gasteiger charge is 2.07. The highest BCUT2D eigenvalue weighted by Crippen LogP contribution is 2.08. The number of rotatable bonds is 1. The molecule has 2 amide bonds. The lowest BCUT2D eigenvalue weighted by Gasteiger charge is -1.99. The molecule has 1 aromatic heterocycles. The van der Waals surface area contributed by atoms with Gasteiger partial charge in [-0.2, -0.15) is 0 Å². The van der Waals surface area contributed by atoms with Crippen molar-refractivity contribution < 1.29 is 9.59 Å². The maximum Gasteiger partial charge on any atom is 0.259 e. The van der Waals surface area contributed by atoms with Gasteiger partial charge in [0.1, 0.15) is 0 Å². The predicted molar refractivity (Wildman–Crippen MR) is 50.1 cm³/mol.